The van der Waals surface area contributed by atoms with Crippen LogP contribution in [0, 0.1) is 5.41 Å². The maximum Gasteiger partial charge on any atom is 0.155 e. The van der Waals surface area contributed by atoms with Crippen LogP contribution < -0.4 is 0 Å². The minimum absolute atomic E-state index is 0.0377. The van der Waals surface area contributed by atoms with Crippen molar-refractivity contribution in [1.82, 2.24) is 0 Å². The fourth-order valence-electron chi connectivity index (χ4n) is 0.829. The molecule has 0 aliphatic rings. The molecule has 0 aliphatic carbocycles. The van der Waals surface area contributed by atoms with Crippen LogP contribution in [0.4, 0.5) is 0 Å². The van der Waals surface area contributed by atoms with Crippen LogP contribution >= 0.6 is 0 Å². The first kappa shape index (κ1) is 10.2. The molecule has 64 valence electrons. The number of rotatable bonds is 2. The van der Waals surface area contributed by atoms with Crippen LogP contribution in [0.3, 0.4) is 0 Å². The minimum Gasteiger partial charge on any atom is -0.512 e. The number of ketones is 1. The van der Waals surface area contributed by atoms with Crippen LogP contribution in [0.5, 0.6) is 0 Å². The van der Waals surface area contributed by atoms with Gasteiger partial charge in [0.15, 0.2) is 5.78 Å². The van der Waals surface area contributed by atoms with Crippen LogP contribution in [-0.2, 0) is 4.79 Å². The lowest BCUT2D eigenvalue weighted by Gasteiger charge is -2.16. The topological polar surface area (TPSA) is 37.3 Å². The van der Waals surface area contributed by atoms with Gasteiger partial charge in [-0.15, -0.1) is 0 Å². The number of aliphatic hydroxyl groups excluding tert-OH is 1. The Morgan fingerprint density at radius 3 is 2.18 bits per heavy atom. The SMILES string of the molecule is CC(=O)C=C(O)CC(C)(C)C. The highest BCUT2D eigenvalue weighted by molar-refractivity contribution is 5.87. The van der Waals surface area contributed by atoms with Crippen molar-refractivity contribution in [2.75, 3.05) is 0 Å². The van der Waals surface area contributed by atoms with E-state index in [0.717, 1.165) is 0 Å². The van der Waals surface area contributed by atoms with E-state index >= 15 is 0 Å². The van der Waals surface area contributed by atoms with Gasteiger partial charge in [0.2, 0.25) is 0 Å². The Bertz CT molecular complexity index is 172. The van der Waals surface area contributed by atoms with Crippen molar-refractivity contribution in [3.63, 3.8) is 0 Å². The fraction of sp³-hybridized carbons (Fsp3) is 0.667. The van der Waals surface area contributed by atoms with E-state index in [0.29, 0.717) is 6.42 Å². The maximum atomic E-state index is 10.5. The second kappa shape index (κ2) is 3.56. The summed E-state index contributed by atoms with van der Waals surface area (Å²) >= 11 is 0. The van der Waals surface area contributed by atoms with Crippen molar-refractivity contribution in [3.8, 4) is 0 Å². The summed E-state index contributed by atoms with van der Waals surface area (Å²) in [5, 5.41) is 9.20. The summed E-state index contributed by atoms with van der Waals surface area (Å²) in [6, 6.07) is 0. The van der Waals surface area contributed by atoms with Gasteiger partial charge in [-0.3, -0.25) is 4.79 Å². The van der Waals surface area contributed by atoms with Gasteiger partial charge in [0.1, 0.15) is 0 Å². The van der Waals surface area contributed by atoms with Gasteiger partial charge in [-0.2, -0.15) is 0 Å². The molecular formula is C9H16O2. The third-order valence-corrected chi connectivity index (χ3v) is 1.08. The van der Waals surface area contributed by atoms with E-state index < -0.39 is 0 Å². The molecule has 1 N–H and O–H groups in total. The summed E-state index contributed by atoms with van der Waals surface area (Å²) < 4.78 is 0. The number of allylic oxidation sites excluding steroid dienone is 2. The molecule has 0 aromatic heterocycles. The number of hydrogen-bond donors (Lipinski definition) is 1. The Balaban J connectivity index is 4.07. The summed E-state index contributed by atoms with van der Waals surface area (Å²) in [5.41, 5.74) is 0.0377. The van der Waals surface area contributed by atoms with Crippen molar-refractivity contribution in [2.45, 2.75) is 34.1 Å². The standard InChI is InChI=1S/C9H16O2/c1-7(10)5-8(11)6-9(2,3)4/h5,11H,6H2,1-4H3. The van der Waals surface area contributed by atoms with E-state index in [4.69, 9.17) is 0 Å². The Kier molecular flexibility index (Phi) is 3.30. The van der Waals surface area contributed by atoms with Crippen molar-refractivity contribution < 1.29 is 9.90 Å². The molecule has 11 heavy (non-hydrogen) atoms. The molecule has 0 fully saturated rings. The highest BCUT2D eigenvalue weighted by Gasteiger charge is 2.12. The lowest BCUT2D eigenvalue weighted by Crippen LogP contribution is -2.06. The maximum absolute atomic E-state index is 10.5. The molecule has 2 heteroatoms. The van der Waals surface area contributed by atoms with E-state index in [2.05, 4.69) is 0 Å². The third kappa shape index (κ3) is 7.10. The smallest absolute Gasteiger partial charge is 0.155 e. The van der Waals surface area contributed by atoms with E-state index in [9.17, 15) is 9.90 Å². The molecule has 0 atom stereocenters. The van der Waals surface area contributed by atoms with E-state index in [1.165, 1.54) is 13.0 Å². The average molecular weight is 156 g/mol. The predicted molar refractivity (Wildman–Crippen MR) is 45.5 cm³/mol. The van der Waals surface area contributed by atoms with Crippen LogP contribution in [-0.4, -0.2) is 10.9 Å². The van der Waals surface area contributed by atoms with Crippen LogP contribution in [0.1, 0.15) is 34.1 Å². The van der Waals surface area contributed by atoms with Crippen molar-refractivity contribution in [3.05, 3.63) is 11.8 Å². The molecule has 0 bridgehead atoms. The third-order valence-electron chi connectivity index (χ3n) is 1.08. The highest BCUT2D eigenvalue weighted by Crippen LogP contribution is 2.22. The quantitative estimate of drug-likeness (QED) is 0.492. The first-order valence-electron chi connectivity index (χ1n) is 3.71. The molecule has 0 saturated carbocycles. The zero-order valence-corrected chi connectivity index (χ0v) is 7.64. The lowest BCUT2D eigenvalue weighted by molar-refractivity contribution is -0.112. The Labute approximate surface area is 67.9 Å². The van der Waals surface area contributed by atoms with Gasteiger partial charge in [0.05, 0.1) is 5.76 Å². The van der Waals surface area contributed by atoms with E-state index in [1.807, 2.05) is 20.8 Å². The molecule has 0 rings (SSSR count). The molecule has 0 aromatic carbocycles. The molecule has 0 aliphatic heterocycles. The Morgan fingerprint density at radius 2 is 1.91 bits per heavy atom. The summed E-state index contributed by atoms with van der Waals surface area (Å²) in [6.45, 7) is 7.46. The largest absolute Gasteiger partial charge is 0.512 e. The van der Waals surface area contributed by atoms with Gasteiger partial charge in [-0.25, -0.2) is 0 Å². The molecular weight excluding hydrogens is 140 g/mol. The van der Waals surface area contributed by atoms with Crippen molar-refractivity contribution in [2.24, 2.45) is 5.41 Å². The number of carbonyl (C=O) groups excluding carboxylic acids is 1. The molecule has 0 unspecified atom stereocenters. The zero-order valence-electron chi connectivity index (χ0n) is 7.64. The summed E-state index contributed by atoms with van der Waals surface area (Å²) in [5.74, 6) is 0.0664. The predicted octanol–water partition coefficient (Wildman–Crippen LogP) is 2.45. The fourth-order valence-corrected chi connectivity index (χ4v) is 0.829. The Hall–Kier alpha value is -0.790. The van der Waals surface area contributed by atoms with Gasteiger partial charge < -0.3 is 5.11 Å². The first-order chi connectivity index (χ1) is 4.81. The Morgan fingerprint density at radius 1 is 1.45 bits per heavy atom. The number of carbonyl (C=O) groups is 1. The molecule has 2 nitrogen and oxygen atoms in total. The monoisotopic (exact) mass is 156 g/mol. The molecule has 0 amide bonds. The minimum atomic E-state index is -0.105. The highest BCUT2D eigenvalue weighted by atomic mass is 16.3. The second-order valence-electron chi connectivity index (χ2n) is 3.98. The molecule has 0 radical (unpaired) electrons. The van der Waals surface area contributed by atoms with Gasteiger partial charge in [-0.05, 0) is 12.3 Å². The van der Waals surface area contributed by atoms with Gasteiger partial charge in [0, 0.05) is 12.5 Å². The summed E-state index contributed by atoms with van der Waals surface area (Å²) in [6.07, 6.45) is 1.82. The van der Waals surface area contributed by atoms with Crippen molar-refractivity contribution >= 4 is 5.78 Å². The van der Waals surface area contributed by atoms with Crippen LogP contribution in [0.25, 0.3) is 0 Å². The summed E-state index contributed by atoms with van der Waals surface area (Å²) in [4.78, 5) is 10.5. The first-order valence-corrected chi connectivity index (χ1v) is 3.71. The normalized spacial score (nSPS) is 13.3. The second-order valence-corrected chi connectivity index (χ2v) is 3.98. The van der Waals surface area contributed by atoms with Crippen molar-refractivity contribution in [1.29, 1.82) is 0 Å². The average Bonchev–Trinajstić information content (AvgIpc) is 1.53. The molecule has 0 spiro atoms. The van der Waals surface area contributed by atoms with Gasteiger partial charge in [-0.1, -0.05) is 20.8 Å². The van der Waals surface area contributed by atoms with E-state index in [1.54, 1.807) is 0 Å². The lowest BCUT2D eigenvalue weighted by atomic mass is 9.91. The molecule has 0 heterocycles. The molecule has 0 saturated heterocycles. The number of hydrogen-bond acceptors (Lipinski definition) is 2. The van der Waals surface area contributed by atoms with Gasteiger partial charge in [0.25, 0.3) is 0 Å². The number of aliphatic hydroxyl groups is 1. The van der Waals surface area contributed by atoms with E-state index in [-0.39, 0.29) is 17.0 Å². The van der Waals surface area contributed by atoms with Gasteiger partial charge >= 0.3 is 0 Å². The zero-order chi connectivity index (χ0) is 9.07. The van der Waals surface area contributed by atoms with Crippen LogP contribution in [0.2, 0.25) is 0 Å². The van der Waals surface area contributed by atoms with Crippen LogP contribution in [0.15, 0.2) is 11.8 Å². The molecule has 0 aromatic rings. The summed E-state index contributed by atoms with van der Waals surface area (Å²) in [7, 11) is 0.